The summed E-state index contributed by atoms with van der Waals surface area (Å²) in [6, 6.07) is 5.31. The number of methoxy groups -OCH3 is 1. The summed E-state index contributed by atoms with van der Waals surface area (Å²) in [6.45, 7) is 2.21. The quantitative estimate of drug-likeness (QED) is 0.443. The van der Waals surface area contributed by atoms with Crippen molar-refractivity contribution >= 4 is 29.3 Å². The van der Waals surface area contributed by atoms with Gasteiger partial charge in [0.25, 0.3) is 0 Å². The molecular weight excluding hydrogens is 338 g/mol. The van der Waals surface area contributed by atoms with Crippen LogP contribution in [0.1, 0.15) is 19.8 Å². The van der Waals surface area contributed by atoms with Crippen molar-refractivity contribution in [2.45, 2.75) is 24.9 Å². The summed E-state index contributed by atoms with van der Waals surface area (Å²) < 4.78 is 10.2. The van der Waals surface area contributed by atoms with Gasteiger partial charge in [-0.25, -0.2) is 4.98 Å². The Hall–Kier alpha value is -1.73. The molecule has 0 atom stereocenters. The molecule has 2 rings (SSSR count). The first-order chi connectivity index (χ1) is 11.1. The number of carbonyl (C=O) groups excluding carboxylic acids is 1. The van der Waals surface area contributed by atoms with E-state index in [0.29, 0.717) is 41.2 Å². The molecule has 23 heavy (non-hydrogen) atoms. The number of nitrogens with one attached hydrogen (secondary N) is 1. The fraction of sp³-hybridized carbons (Fsp3) is 0.400. The van der Waals surface area contributed by atoms with Gasteiger partial charge in [0.1, 0.15) is 5.75 Å². The van der Waals surface area contributed by atoms with Crippen molar-refractivity contribution in [2.24, 2.45) is 0 Å². The number of nitrogens with zero attached hydrogens (tertiary/aromatic N) is 2. The van der Waals surface area contributed by atoms with Crippen molar-refractivity contribution in [1.29, 1.82) is 0 Å². The van der Waals surface area contributed by atoms with Crippen LogP contribution in [-0.4, -0.2) is 40.6 Å². The number of halogens is 1. The molecule has 0 fully saturated rings. The predicted molar refractivity (Wildman–Crippen MR) is 90.0 cm³/mol. The number of aromatic amines is 1. The molecule has 0 amide bonds. The number of carbonyl (C=O) groups is 1. The maximum atomic E-state index is 11.3. The highest BCUT2D eigenvalue weighted by molar-refractivity contribution is 7.99. The molecule has 0 spiro atoms. The minimum absolute atomic E-state index is 0.174. The topological polar surface area (TPSA) is 77.1 Å². The zero-order valence-electron chi connectivity index (χ0n) is 13.0. The van der Waals surface area contributed by atoms with Crippen LogP contribution in [0, 0.1) is 0 Å². The Morgan fingerprint density at radius 2 is 2.26 bits per heavy atom. The third kappa shape index (κ3) is 5.14. The second-order valence-electron chi connectivity index (χ2n) is 4.57. The number of hydrogen-bond donors (Lipinski definition) is 1. The number of ether oxygens (including phenoxy) is 2. The Kier molecular flexibility index (Phi) is 6.73. The smallest absolute Gasteiger partial charge is 0.305 e. The highest BCUT2D eigenvalue weighted by Gasteiger charge is 2.12. The summed E-state index contributed by atoms with van der Waals surface area (Å²) in [5, 5.41) is 8.26. The minimum Gasteiger partial charge on any atom is -0.496 e. The minimum atomic E-state index is -0.174. The highest BCUT2D eigenvalue weighted by Crippen LogP contribution is 2.31. The van der Waals surface area contributed by atoms with Crippen LogP contribution in [0.25, 0.3) is 11.4 Å². The zero-order valence-corrected chi connectivity index (χ0v) is 14.5. The SMILES string of the molecule is CCOC(=O)CCCSc1n[nH]c(-c2cc(Cl)ccc2OC)n1. The molecule has 8 heteroatoms. The molecule has 1 heterocycles. The van der Waals surface area contributed by atoms with Gasteiger partial charge in [-0.2, -0.15) is 0 Å². The van der Waals surface area contributed by atoms with Gasteiger partial charge in [0.2, 0.25) is 5.16 Å². The molecule has 1 aromatic carbocycles. The molecule has 0 bridgehead atoms. The standard InChI is InChI=1S/C15H18ClN3O3S/c1-3-22-13(20)5-4-8-23-15-17-14(18-19-15)11-9-10(16)6-7-12(11)21-2/h6-7,9H,3-5,8H2,1-2H3,(H,17,18,19). The van der Waals surface area contributed by atoms with E-state index in [0.717, 1.165) is 11.3 Å². The van der Waals surface area contributed by atoms with Crippen molar-refractivity contribution in [3.63, 3.8) is 0 Å². The fourth-order valence-corrected chi connectivity index (χ4v) is 2.82. The van der Waals surface area contributed by atoms with Crippen LogP contribution >= 0.6 is 23.4 Å². The zero-order chi connectivity index (χ0) is 16.7. The highest BCUT2D eigenvalue weighted by atomic mass is 35.5. The van der Waals surface area contributed by atoms with Gasteiger partial charge in [-0.1, -0.05) is 23.4 Å². The van der Waals surface area contributed by atoms with Gasteiger partial charge in [-0.3, -0.25) is 9.89 Å². The third-order valence-corrected chi connectivity index (χ3v) is 4.11. The van der Waals surface area contributed by atoms with Crippen molar-refractivity contribution in [3.8, 4) is 17.1 Å². The van der Waals surface area contributed by atoms with Crippen molar-refractivity contribution in [3.05, 3.63) is 23.2 Å². The molecule has 6 nitrogen and oxygen atoms in total. The number of H-pyrrole nitrogens is 1. The predicted octanol–water partition coefficient (Wildman–Crippen LogP) is 3.57. The van der Waals surface area contributed by atoms with Crippen LogP contribution in [0.3, 0.4) is 0 Å². The molecule has 0 saturated heterocycles. The lowest BCUT2D eigenvalue weighted by molar-refractivity contribution is -0.143. The number of rotatable bonds is 8. The summed E-state index contributed by atoms with van der Waals surface area (Å²) in [5.41, 5.74) is 0.755. The van der Waals surface area contributed by atoms with Gasteiger partial charge in [-0.15, -0.1) is 5.10 Å². The van der Waals surface area contributed by atoms with E-state index in [2.05, 4.69) is 15.2 Å². The molecule has 124 valence electrons. The molecule has 0 aliphatic carbocycles. The molecular formula is C15H18ClN3O3S. The van der Waals surface area contributed by atoms with E-state index in [1.165, 1.54) is 11.8 Å². The Morgan fingerprint density at radius 3 is 3.00 bits per heavy atom. The van der Waals surface area contributed by atoms with Gasteiger partial charge in [-0.05, 0) is 31.5 Å². The molecule has 1 N–H and O–H groups in total. The van der Waals surface area contributed by atoms with Crippen LogP contribution < -0.4 is 4.74 Å². The van der Waals surface area contributed by atoms with E-state index >= 15 is 0 Å². The van der Waals surface area contributed by atoms with E-state index in [1.807, 2.05) is 0 Å². The average Bonchev–Trinajstić information content (AvgIpc) is 3.00. The lowest BCUT2D eigenvalue weighted by Crippen LogP contribution is -2.03. The molecule has 0 saturated carbocycles. The molecule has 0 radical (unpaired) electrons. The Labute approximate surface area is 143 Å². The largest absolute Gasteiger partial charge is 0.496 e. The summed E-state index contributed by atoms with van der Waals surface area (Å²) in [5.74, 6) is 1.83. The summed E-state index contributed by atoms with van der Waals surface area (Å²) in [6.07, 6.45) is 1.12. The number of esters is 1. The van der Waals surface area contributed by atoms with E-state index in [1.54, 1.807) is 32.2 Å². The van der Waals surface area contributed by atoms with Gasteiger partial charge >= 0.3 is 5.97 Å². The summed E-state index contributed by atoms with van der Waals surface area (Å²) >= 11 is 7.50. The second-order valence-corrected chi connectivity index (χ2v) is 6.07. The number of hydrogen-bond acceptors (Lipinski definition) is 6. The van der Waals surface area contributed by atoms with Gasteiger partial charge < -0.3 is 9.47 Å². The van der Waals surface area contributed by atoms with Gasteiger partial charge in [0.05, 0.1) is 19.3 Å². The summed E-state index contributed by atoms with van der Waals surface area (Å²) in [7, 11) is 1.59. The maximum absolute atomic E-state index is 11.3. The number of aromatic nitrogens is 3. The van der Waals surface area contributed by atoms with Crippen LogP contribution in [0.2, 0.25) is 5.02 Å². The van der Waals surface area contributed by atoms with E-state index in [4.69, 9.17) is 21.1 Å². The van der Waals surface area contributed by atoms with Crippen molar-refractivity contribution < 1.29 is 14.3 Å². The van der Waals surface area contributed by atoms with Crippen LogP contribution in [0.5, 0.6) is 5.75 Å². The normalized spacial score (nSPS) is 10.6. The number of benzene rings is 1. The monoisotopic (exact) mass is 355 g/mol. The Balaban J connectivity index is 1.93. The molecule has 1 aromatic heterocycles. The van der Waals surface area contributed by atoms with Gasteiger partial charge in [0.15, 0.2) is 5.82 Å². The average molecular weight is 356 g/mol. The summed E-state index contributed by atoms with van der Waals surface area (Å²) in [4.78, 5) is 15.7. The maximum Gasteiger partial charge on any atom is 0.305 e. The van der Waals surface area contributed by atoms with Gasteiger partial charge in [0, 0.05) is 17.2 Å². The van der Waals surface area contributed by atoms with E-state index in [-0.39, 0.29) is 5.97 Å². The van der Waals surface area contributed by atoms with Crippen molar-refractivity contribution in [2.75, 3.05) is 19.5 Å². The molecule has 2 aromatic rings. The van der Waals surface area contributed by atoms with Crippen LogP contribution in [-0.2, 0) is 9.53 Å². The molecule has 0 unspecified atom stereocenters. The first-order valence-electron chi connectivity index (χ1n) is 7.18. The Bertz CT molecular complexity index is 663. The molecule has 0 aliphatic heterocycles. The lowest BCUT2D eigenvalue weighted by Gasteiger charge is -2.05. The van der Waals surface area contributed by atoms with Crippen molar-refractivity contribution in [1.82, 2.24) is 15.2 Å². The first-order valence-corrected chi connectivity index (χ1v) is 8.55. The Morgan fingerprint density at radius 1 is 1.43 bits per heavy atom. The van der Waals surface area contributed by atoms with E-state index in [9.17, 15) is 4.79 Å². The lowest BCUT2D eigenvalue weighted by atomic mass is 10.2. The third-order valence-electron chi connectivity index (χ3n) is 2.94. The van der Waals surface area contributed by atoms with Crippen LogP contribution in [0.15, 0.2) is 23.4 Å². The van der Waals surface area contributed by atoms with E-state index < -0.39 is 0 Å². The first kappa shape index (κ1) is 17.6. The molecule has 0 aliphatic rings. The number of thioether (sulfide) groups is 1. The van der Waals surface area contributed by atoms with Crippen LogP contribution in [0.4, 0.5) is 0 Å². The fourth-order valence-electron chi connectivity index (χ4n) is 1.91. The second kappa shape index (κ2) is 8.79.